The molecule has 0 bridgehead atoms. The van der Waals surface area contributed by atoms with Gasteiger partial charge in [-0.25, -0.2) is 22.4 Å². The summed E-state index contributed by atoms with van der Waals surface area (Å²) in [5.41, 5.74) is 1.47. The maximum Gasteiger partial charge on any atom is 0.338 e. The normalized spacial score (nSPS) is 17.0. The van der Waals surface area contributed by atoms with Crippen LogP contribution in [0.3, 0.4) is 0 Å². The molecule has 1 atom stereocenters. The Bertz CT molecular complexity index is 1060. The molecule has 0 amide bonds. The van der Waals surface area contributed by atoms with Crippen LogP contribution in [-0.4, -0.2) is 42.5 Å². The molecule has 1 unspecified atom stereocenters. The number of aromatic amines is 1. The van der Waals surface area contributed by atoms with Gasteiger partial charge in [-0.05, 0) is 30.2 Å². The minimum atomic E-state index is -2.66. The number of aromatic nitrogens is 1. The molecule has 152 valence electrons. The molecule has 2 aromatic carbocycles. The third kappa shape index (κ3) is 3.37. The zero-order valence-electron chi connectivity index (χ0n) is 15.5. The number of esters is 1. The number of rotatable bonds is 4. The summed E-state index contributed by atoms with van der Waals surface area (Å²) >= 11 is 0. The summed E-state index contributed by atoms with van der Waals surface area (Å²) in [5.74, 6) is -2.85. The quantitative estimate of drug-likeness (QED) is 0.515. The Balaban J connectivity index is 1.90. The third-order valence-corrected chi connectivity index (χ3v) is 5.28. The fourth-order valence-corrected chi connectivity index (χ4v) is 4.07. The summed E-state index contributed by atoms with van der Waals surface area (Å²) < 4.78 is 60.9. The van der Waals surface area contributed by atoms with Crippen molar-refractivity contribution in [3.63, 3.8) is 0 Å². The summed E-state index contributed by atoms with van der Waals surface area (Å²) in [6.45, 7) is -0.404. The van der Waals surface area contributed by atoms with Gasteiger partial charge in [-0.2, -0.15) is 0 Å². The lowest BCUT2D eigenvalue weighted by Crippen LogP contribution is -2.40. The summed E-state index contributed by atoms with van der Waals surface area (Å²) in [5, 5.41) is 0.899. The Kier molecular flexibility index (Phi) is 5.04. The number of alkyl halides is 2. The Labute approximate surface area is 164 Å². The number of hydrogen-bond donors (Lipinski definition) is 1. The number of H-pyrrole nitrogens is 1. The summed E-state index contributed by atoms with van der Waals surface area (Å²) in [6.07, 6.45) is -2.18. The number of methoxy groups -OCH3 is 1. The summed E-state index contributed by atoms with van der Waals surface area (Å²) in [4.78, 5) is 16.2. The van der Waals surface area contributed by atoms with E-state index >= 15 is 0 Å². The van der Waals surface area contributed by atoms with Gasteiger partial charge in [0.15, 0.2) is 0 Å². The molecule has 0 radical (unpaired) electrons. The highest BCUT2D eigenvalue weighted by molar-refractivity contribution is 5.89. The lowest BCUT2D eigenvalue weighted by Gasteiger charge is -2.36. The number of fused-ring (bicyclic) bond motifs is 3. The molecule has 0 saturated carbocycles. The van der Waals surface area contributed by atoms with Crippen molar-refractivity contribution in [2.75, 3.05) is 20.2 Å². The predicted octanol–water partition coefficient (Wildman–Crippen LogP) is 4.45. The van der Waals surface area contributed by atoms with Crippen molar-refractivity contribution in [3.8, 4) is 0 Å². The monoisotopic (exact) mass is 406 g/mol. The van der Waals surface area contributed by atoms with Gasteiger partial charge in [-0.3, -0.25) is 4.90 Å². The number of halogens is 4. The first kappa shape index (κ1) is 19.4. The van der Waals surface area contributed by atoms with E-state index in [4.69, 9.17) is 0 Å². The van der Waals surface area contributed by atoms with Crippen molar-refractivity contribution in [1.29, 1.82) is 0 Å². The van der Waals surface area contributed by atoms with Crippen LogP contribution in [0.5, 0.6) is 0 Å². The van der Waals surface area contributed by atoms with E-state index in [0.717, 1.165) is 35.7 Å². The van der Waals surface area contributed by atoms with Gasteiger partial charge in [0.25, 0.3) is 6.43 Å². The van der Waals surface area contributed by atoms with E-state index in [2.05, 4.69) is 9.72 Å². The fourth-order valence-electron chi connectivity index (χ4n) is 4.07. The highest BCUT2D eigenvalue weighted by atomic mass is 19.3. The minimum Gasteiger partial charge on any atom is -0.465 e. The molecule has 0 fully saturated rings. The molecule has 3 aromatic rings. The lowest BCUT2D eigenvalue weighted by atomic mass is 9.91. The molecule has 29 heavy (non-hydrogen) atoms. The maximum atomic E-state index is 15.0. The van der Waals surface area contributed by atoms with Gasteiger partial charge in [-0.15, -0.1) is 0 Å². The van der Waals surface area contributed by atoms with Gasteiger partial charge >= 0.3 is 5.97 Å². The Hall–Kier alpha value is -2.87. The number of nitrogens with zero attached hydrogens (tertiary/aromatic N) is 1. The zero-order valence-corrected chi connectivity index (χ0v) is 15.5. The predicted molar refractivity (Wildman–Crippen MR) is 99.1 cm³/mol. The molecule has 0 spiro atoms. The van der Waals surface area contributed by atoms with Crippen molar-refractivity contribution in [2.24, 2.45) is 0 Å². The third-order valence-electron chi connectivity index (χ3n) is 5.28. The highest BCUT2D eigenvalue weighted by Gasteiger charge is 2.36. The van der Waals surface area contributed by atoms with Crippen LogP contribution in [-0.2, 0) is 11.2 Å². The largest absolute Gasteiger partial charge is 0.465 e. The Morgan fingerprint density at radius 1 is 1.24 bits per heavy atom. The van der Waals surface area contributed by atoms with Gasteiger partial charge in [0.2, 0.25) is 0 Å². The molecule has 1 N–H and O–H groups in total. The van der Waals surface area contributed by atoms with Crippen molar-refractivity contribution >= 4 is 16.9 Å². The number of carbonyl (C=O) groups is 1. The number of para-hydroxylation sites is 1. The van der Waals surface area contributed by atoms with Gasteiger partial charge < -0.3 is 9.72 Å². The van der Waals surface area contributed by atoms with Crippen LogP contribution in [0.4, 0.5) is 17.6 Å². The number of nitrogens with one attached hydrogen (secondary N) is 1. The molecule has 2 heterocycles. The highest BCUT2D eigenvalue weighted by Crippen LogP contribution is 2.40. The number of hydrogen-bond acceptors (Lipinski definition) is 3. The number of carbonyl (C=O) groups excluding carboxylic acids is 1. The van der Waals surface area contributed by atoms with Gasteiger partial charge in [0, 0.05) is 28.7 Å². The first-order valence-corrected chi connectivity index (χ1v) is 9.09. The molecule has 1 aliphatic heterocycles. The molecule has 8 heteroatoms. The Morgan fingerprint density at radius 3 is 2.59 bits per heavy atom. The van der Waals surface area contributed by atoms with E-state index in [1.165, 1.54) is 4.90 Å². The Morgan fingerprint density at radius 2 is 1.93 bits per heavy atom. The van der Waals surface area contributed by atoms with Gasteiger partial charge in [0.1, 0.15) is 11.6 Å². The minimum absolute atomic E-state index is 0.224. The smallest absolute Gasteiger partial charge is 0.338 e. The second-order valence-electron chi connectivity index (χ2n) is 6.95. The van der Waals surface area contributed by atoms with Crippen LogP contribution in [0.15, 0.2) is 36.4 Å². The van der Waals surface area contributed by atoms with E-state index in [1.54, 1.807) is 0 Å². The molecular weight excluding hydrogens is 388 g/mol. The van der Waals surface area contributed by atoms with Crippen LogP contribution in [0.2, 0.25) is 0 Å². The topological polar surface area (TPSA) is 45.3 Å². The van der Waals surface area contributed by atoms with Crippen LogP contribution in [0.25, 0.3) is 10.9 Å². The molecule has 0 aliphatic carbocycles. The first-order chi connectivity index (χ1) is 13.9. The van der Waals surface area contributed by atoms with Gasteiger partial charge in [-0.1, -0.05) is 18.2 Å². The average molecular weight is 406 g/mol. The molecule has 4 nitrogen and oxygen atoms in total. The summed E-state index contributed by atoms with van der Waals surface area (Å²) in [6, 6.07) is 8.08. The summed E-state index contributed by atoms with van der Waals surface area (Å²) in [7, 11) is 1.11. The van der Waals surface area contributed by atoms with Crippen molar-refractivity contribution in [1.82, 2.24) is 9.88 Å². The molecule has 1 aromatic heterocycles. The van der Waals surface area contributed by atoms with E-state index in [-0.39, 0.29) is 17.7 Å². The molecule has 1 aliphatic rings. The van der Waals surface area contributed by atoms with E-state index in [0.29, 0.717) is 12.1 Å². The standard InChI is InChI=1S/C21H18F4N2O2/c1-29-21(28)11-8-14(22)18(15(23)9-11)20-19-13(6-7-27(20)10-17(24)25)12-4-2-3-5-16(12)26-19/h2-5,8-9,17,20,26H,6-7,10H2,1H3. The van der Waals surface area contributed by atoms with Gasteiger partial charge in [0.05, 0.1) is 25.3 Å². The molecule has 0 saturated heterocycles. The van der Waals surface area contributed by atoms with Crippen LogP contribution < -0.4 is 0 Å². The molecule has 4 rings (SSSR count). The second-order valence-corrected chi connectivity index (χ2v) is 6.95. The number of benzene rings is 2. The van der Waals surface area contributed by atoms with Crippen molar-refractivity contribution in [3.05, 3.63) is 70.4 Å². The lowest BCUT2D eigenvalue weighted by molar-refractivity contribution is 0.0599. The fraction of sp³-hybridized carbons (Fsp3) is 0.286. The average Bonchev–Trinajstić information content (AvgIpc) is 3.06. The van der Waals surface area contributed by atoms with E-state index < -0.39 is 36.6 Å². The van der Waals surface area contributed by atoms with Crippen LogP contribution >= 0.6 is 0 Å². The van der Waals surface area contributed by atoms with Crippen LogP contribution in [0, 0.1) is 11.6 Å². The van der Waals surface area contributed by atoms with Crippen molar-refractivity contribution < 1.29 is 27.1 Å². The van der Waals surface area contributed by atoms with Crippen LogP contribution in [0.1, 0.15) is 33.2 Å². The van der Waals surface area contributed by atoms with E-state index in [9.17, 15) is 22.4 Å². The first-order valence-electron chi connectivity index (χ1n) is 9.09. The zero-order chi connectivity index (χ0) is 20.7. The molecular formula is C21H18F4N2O2. The second kappa shape index (κ2) is 7.51. The SMILES string of the molecule is COC(=O)c1cc(F)c(C2c3[nH]c4ccccc4c3CCN2CC(F)F)c(F)c1. The maximum absolute atomic E-state index is 15.0. The number of ether oxygens (including phenoxy) is 1. The van der Waals surface area contributed by atoms with E-state index in [1.807, 2.05) is 24.3 Å². The van der Waals surface area contributed by atoms with Crippen molar-refractivity contribution in [2.45, 2.75) is 18.9 Å².